The van der Waals surface area contributed by atoms with Crippen LogP contribution >= 0.6 is 0 Å². The van der Waals surface area contributed by atoms with Crippen LogP contribution in [0.15, 0.2) is 12.1 Å². The molecule has 0 bridgehead atoms. The Morgan fingerprint density at radius 1 is 0.885 bits per heavy atom. The van der Waals surface area contributed by atoms with Gasteiger partial charge in [0, 0.05) is 49.0 Å². The van der Waals surface area contributed by atoms with Crippen molar-refractivity contribution in [3.05, 3.63) is 46.0 Å². The molecule has 0 unspecified atom stereocenters. The van der Waals surface area contributed by atoms with Crippen LogP contribution in [0.2, 0.25) is 0 Å². The molecule has 6 heteroatoms. The fourth-order valence-electron chi connectivity index (χ4n) is 3.73. The van der Waals surface area contributed by atoms with Crippen LogP contribution in [0.1, 0.15) is 45.1 Å². The fraction of sp³-hybridized carbons (Fsp3) is 0.500. The van der Waals surface area contributed by atoms with Crippen LogP contribution in [0.25, 0.3) is 0 Å². The molecule has 1 saturated heterocycles. The molecule has 2 aromatic rings. The topological polar surface area (TPSA) is 72.2 Å². The zero-order valence-electron chi connectivity index (χ0n) is 16.1. The molecule has 0 saturated carbocycles. The van der Waals surface area contributed by atoms with Gasteiger partial charge in [-0.05, 0) is 51.8 Å². The van der Waals surface area contributed by atoms with Gasteiger partial charge in [-0.3, -0.25) is 9.59 Å². The van der Waals surface area contributed by atoms with Gasteiger partial charge in [0.1, 0.15) is 0 Å². The Morgan fingerprint density at radius 3 is 2.12 bits per heavy atom. The lowest BCUT2D eigenvalue weighted by atomic mass is 10.1. The third-order valence-electron chi connectivity index (χ3n) is 5.11. The number of nitrogens with zero attached hydrogens (tertiary/aromatic N) is 2. The van der Waals surface area contributed by atoms with Gasteiger partial charge in [-0.25, -0.2) is 0 Å². The summed E-state index contributed by atoms with van der Waals surface area (Å²) >= 11 is 0. The van der Waals surface area contributed by atoms with Crippen molar-refractivity contribution in [3.8, 4) is 0 Å². The molecule has 26 heavy (non-hydrogen) atoms. The summed E-state index contributed by atoms with van der Waals surface area (Å²) in [6, 6.07) is 3.94. The number of amides is 2. The highest BCUT2D eigenvalue weighted by Gasteiger charge is 2.24. The second-order valence-electron chi connectivity index (χ2n) is 7.30. The maximum absolute atomic E-state index is 12.8. The first-order chi connectivity index (χ1) is 12.3. The van der Waals surface area contributed by atoms with Crippen LogP contribution in [0.3, 0.4) is 0 Å². The number of carbonyl (C=O) groups is 2. The highest BCUT2D eigenvalue weighted by atomic mass is 16.2. The summed E-state index contributed by atoms with van der Waals surface area (Å²) in [5.41, 5.74) is 5.83. The second kappa shape index (κ2) is 7.40. The lowest BCUT2D eigenvalue weighted by molar-refractivity contribution is -0.130. The average Bonchev–Trinajstić information content (AvgIpc) is 2.96. The second-order valence-corrected chi connectivity index (χ2v) is 7.30. The van der Waals surface area contributed by atoms with E-state index in [0.717, 1.165) is 40.3 Å². The van der Waals surface area contributed by atoms with Crippen LogP contribution in [0.4, 0.5) is 0 Å². The summed E-state index contributed by atoms with van der Waals surface area (Å²) in [4.78, 5) is 35.7. The number of aromatic amines is 2. The highest BCUT2D eigenvalue weighted by molar-refractivity contribution is 5.95. The maximum Gasteiger partial charge on any atom is 0.255 e. The maximum atomic E-state index is 12.8. The molecule has 0 aromatic carbocycles. The molecule has 2 amide bonds. The lowest BCUT2D eigenvalue weighted by Crippen LogP contribution is -2.38. The molecule has 1 aliphatic heterocycles. The standard InChI is InChI=1S/C20H28N4O2/c1-13-10-17(15(3)21-13)12-19(25)23-6-5-7-24(9-8-23)20(26)18-11-14(2)22-16(18)4/h10-11,21-22H,5-9,12H2,1-4H3. The predicted molar refractivity (Wildman–Crippen MR) is 101 cm³/mol. The number of aromatic nitrogens is 2. The van der Waals surface area contributed by atoms with Gasteiger partial charge in [0.05, 0.1) is 12.0 Å². The summed E-state index contributed by atoms with van der Waals surface area (Å²) in [6.07, 6.45) is 1.23. The smallest absolute Gasteiger partial charge is 0.255 e. The van der Waals surface area contributed by atoms with Crippen molar-refractivity contribution >= 4 is 11.8 Å². The summed E-state index contributed by atoms with van der Waals surface area (Å²) < 4.78 is 0. The van der Waals surface area contributed by atoms with Crippen LogP contribution in [-0.4, -0.2) is 57.8 Å². The summed E-state index contributed by atoms with van der Waals surface area (Å²) in [5, 5.41) is 0. The third-order valence-corrected chi connectivity index (χ3v) is 5.11. The van der Waals surface area contributed by atoms with E-state index in [1.54, 1.807) is 0 Å². The van der Waals surface area contributed by atoms with Gasteiger partial charge in [-0.2, -0.15) is 0 Å². The molecular formula is C20H28N4O2. The van der Waals surface area contributed by atoms with Crippen LogP contribution < -0.4 is 0 Å². The van der Waals surface area contributed by atoms with E-state index < -0.39 is 0 Å². The number of rotatable bonds is 3. The first kappa shape index (κ1) is 18.3. The number of H-pyrrole nitrogens is 2. The van der Waals surface area contributed by atoms with Crippen LogP contribution in [0.5, 0.6) is 0 Å². The quantitative estimate of drug-likeness (QED) is 0.887. The van der Waals surface area contributed by atoms with Gasteiger partial charge >= 0.3 is 0 Å². The Hall–Kier alpha value is -2.50. The number of carbonyl (C=O) groups excluding carboxylic acids is 2. The van der Waals surface area contributed by atoms with E-state index in [-0.39, 0.29) is 11.8 Å². The molecule has 2 N–H and O–H groups in total. The Bertz CT molecular complexity index is 818. The van der Waals surface area contributed by atoms with Crippen LogP contribution in [0, 0.1) is 27.7 Å². The molecule has 1 aliphatic rings. The van der Waals surface area contributed by atoms with Gasteiger partial charge in [-0.1, -0.05) is 0 Å². The monoisotopic (exact) mass is 356 g/mol. The van der Waals surface area contributed by atoms with E-state index in [2.05, 4.69) is 9.97 Å². The number of hydrogen-bond acceptors (Lipinski definition) is 2. The first-order valence-electron chi connectivity index (χ1n) is 9.23. The van der Waals surface area contributed by atoms with Crippen molar-refractivity contribution in [2.75, 3.05) is 26.2 Å². The molecule has 0 atom stereocenters. The van der Waals surface area contributed by atoms with Gasteiger partial charge in [-0.15, -0.1) is 0 Å². The predicted octanol–water partition coefficient (Wildman–Crippen LogP) is 2.49. The van der Waals surface area contributed by atoms with Crippen molar-refractivity contribution in [1.82, 2.24) is 19.8 Å². The summed E-state index contributed by atoms with van der Waals surface area (Å²) in [5.74, 6) is 0.188. The van der Waals surface area contributed by atoms with Gasteiger partial charge < -0.3 is 19.8 Å². The minimum Gasteiger partial charge on any atom is -0.362 e. The fourth-order valence-corrected chi connectivity index (χ4v) is 3.73. The van der Waals surface area contributed by atoms with E-state index in [0.29, 0.717) is 32.6 Å². The number of aryl methyl sites for hydroxylation is 4. The normalized spacial score (nSPS) is 15.2. The summed E-state index contributed by atoms with van der Waals surface area (Å²) in [6.45, 7) is 10.5. The van der Waals surface area contributed by atoms with Gasteiger partial charge in [0.2, 0.25) is 5.91 Å². The number of hydrogen-bond donors (Lipinski definition) is 2. The van der Waals surface area contributed by atoms with Crippen molar-refractivity contribution in [1.29, 1.82) is 0 Å². The van der Waals surface area contributed by atoms with E-state index >= 15 is 0 Å². The van der Waals surface area contributed by atoms with Crippen molar-refractivity contribution in [2.24, 2.45) is 0 Å². The molecule has 3 rings (SSSR count). The Morgan fingerprint density at radius 2 is 1.50 bits per heavy atom. The number of nitrogens with one attached hydrogen (secondary N) is 2. The van der Waals surface area contributed by atoms with E-state index in [1.807, 2.05) is 49.6 Å². The molecule has 140 valence electrons. The average molecular weight is 356 g/mol. The molecule has 0 aliphatic carbocycles. The highest BCUT2D eigenvalue weighted by Crippen LogP contribution is 2.16. The molecule has 3 heterocycles. The van der Waals surface area contributed by atoms with Gasteiger partial charge in [0.15, 0.2) is 0 Å². The minimum absolute atomic E-state index is 0.0539. The molecule has 0 radical (unpaired) electrons. The zero-order chi connectivity index (χ0) is 18.8. The molecular weight excluding hydrogens is 328 g/mol. The molecule has 0 spiro atoms. The SMILES string of the molecule is Cc1cc(CC(=O)N2CCCN(C(=O)c3cc(C)[nH]c3C)CC2)c(C)[nH]1. The van der Waals surface area contributed by atoms with E-state index in [9.17, 15) is 9.59 Å². The minimum atomic E-state index is 0.0539. The first-order valence-corrected chi connectivity index (χ1v) is 9.23. The van der Waals surface area contributed by atoms with Crippen molar-refractivity contribution < 1.29 is 9.59 Å². The Kier molecular flexibility index (Phi) is 5.20. The Labute approximate surface area is 154 Å². The van der Waals surface area contributed by atoms with Gasteiger partial charge in [0.25, 0.3) is 5.91 Å². The Balaban J connectivity index is 1.62. The third kappa shape index (κ3) is 3.84. The molecule has 6 nitrogen and oxygen atoms in total. The zero-order valence-corrected chi connectivity index (χ0v) is 16.1. The summed E-state index contributed by atoms with van der Waals surface area (Å²) in [7, 11) is 0. The molecule has 2 aromatic heterocycles. The molecule has 1 fully saturated rings. The largest absolute Gasteiger partial charge is 0.362 e. The van der Waals surface area contributed by atoms with E-state index in [4.69, 9.17) is 0 Å². The van der Waals surface area contributed by atoms with Crippen LogP contribution in [-0.2, 0) is 11.2 Å². The van der Waals surface area contributed by atoms with Crippen molar-refractivity contribution in [2.45, 2.75) is 40.5 Å². The lowest BCUT2D eigenvalue weighted by Gasteiger charge is -2.22. The van der Waals surface area contributed by atoms with E-state index in [1.165, 1.54) is 0 Å². The van der Waals surface area contributed by atoms with Crippen molar-refractivity contribution in [3.63, 3.8) is 0 Å².